The monoisotopic (exact) mass is 209 g/mol. The van der Waals surface area contributed by atoms with Crippen LogP contribution in [0.5, 0.6) is 0 Å². The Bertz CT molecular complexity index is 120. The Hall–Kier alpha value is 0.250. The Kier molecular flexibility index (Phi) is 9.53. The van der Waals surface area contributed by atoms with E-state index in [1.807, 2.05) is 0 Å². The van der Waals surface area contributed by atoms with Gasteiger partial charge in [0, 0.05) is 6.54 Å². The third-order valence-corrected chi connectivity index (χ3v) is 1.98. The van der Waals surface area contributed by atoms with Gasteiger partial charge in [0.15, 0.2) is 4.63 Å². The van der Waals surface area contributed by atoms with Crippen molar-refractivity contribution in [1.29, 1.82) is 0 Å². The summed E-state index contributed by atoms with van der Waals surface area (Å²) in [5, 5.41) is 0. The fourth-order valence-electron chi connectivity index (χ4n) is 1.06. The van der Waals surface area contributed by atoms with Crippen molar-refractivity contribution in [3.05, 3.63) is 0 Å². The highest BCUT2D eigenvalue weighted by atomic mass is 35.5. The van der Waals surface area contributed by atoms with E-state index in [4.69, 9.17) is 23.2 Å². The van der Waals surface area contributed by atoms with Crippen LogP contribution in [0.3, 0.4) is 0 Å². The molecule has 0 fully saturated rings. The van der Waals surface area contributed by atoms with Crippen LogP contribution in [0, 0.1) is 0 Å². The number of aliphatic imine (C=N–C) groups is 1. The average molecular weight is 210 g/mol. The molecular formula is C9H17Cl2N. The van der Waals surface area contributed by atoms with Gasteiger partial charge in [-0.2, -0.15) is 0 Å². The highest BCUT2D eigenvalue weighted by molar-refractivity contribution is 6.95. The van der Waals surface area contributed by atoms with Crippen molar-refractivity contribution in [2.45, 2.75) is 45.4 Å². The Balaban J connectivity index is 2.96. The van der Waals surface area contributed by atoms with Gasteiger partial charge in [-0.05, 0) is 29.6 Å². The number of nitrogens with zero attached hydrogens (tertiary/aromatic N) is 1. The van der Waals surface area contributed by atoms with Gasteiger partial charge in [0.1, 0.15) is 0 Å². The maximum atomic E-state index is 5.36. The third-order valence-electron chi connectivity index (χ3n) is 1.74. The molecule has 0 spiro atoms. The molecule has 0 aliphatic heterocycles. The minimum Gasteiger partial charge on any atom is -0.263 e. The Labute approximate surface area is 85.2 Å². The first-order chi connectivity index (χ1) is 5.77. The van der Waals surface area contributed by atoms with Crippen molar-refractivity contribution < 1.29 is 0 Å². The Morgan fingerprint density at radius 3 is 2.17 bits per heavy atom. The van der Waals surface area contributed by atoms with Gasteiger partial charge < -0.3 is 0 Å². The molecule has 0 aromatic carbocycles. The lowest BCUT2D eigenvalue weighted by Gasteiger charge is -1.97. The predicted molar refractivity (Wildman–Crippen MR) is 57.4 cm³/mol. The molecule has 12 heavy (non-hydrogen) atoms. The largest absolute Gasteiger partial charge is 0.263 e. The maximum absolute atomic E-state index is 5.36. The second-order valence-electron chi connectivity index (χ2n) is 2.89. The van der Waals surface area contributed by atoms with Crippen LogP contribution in [0.1, 0.15) is 45.4 Å². The van der Waals surface area contributed by atoms with E-state index in [0.29, 0.717) is 0 Å². The topological polar surface area (TPSA) is 12.4 Å². The van der Waals surface area contributed by atoms with Gasteiger partial charge in [-0.25, -0.2) is 0 Å². The van der Waals surface area contributed by atoms with Crippen LogP contribution >= 0.6 is 23.2 Å². The summed E-state index contributed by atoms with van der Waals surface area (Å²) in [7, 11) is 0. The molecule has 0 atom stereocenters. The van der Waals surface area contributed by atoms with Gasteiger partial charge in [0.2, 0.25) is 0 Å². The predicted octanol–water partition coefficient (Wildman–Crippen LogP) is 4.18. The number of rotatable bonds is 7. The quantitative estimate of drug-likeness (QED) is 0.441. The molecule has 0 aliphatic rings. The van der Waals surface area contributed by atoms with Crippen molar-refractivity contribution in [2.24, 2.45) is 4.99 Å². The molecule has 0 saturated heterocycles. The number of hydrogen-bond donors (Lipinski definition) is 0. The van der Waals surface area contributed by atoms with Crippen molar-refractivity contribution in [3.63, 3.8) is 0 Å². The summed E-state index contributed by atoms with van der Waals surface area (Å²) >= 11 is 10.7. The van der Waals surface area contributed by atoms with Crippen LogP contribution in [0.2, 0.25) is 0 Å². The van der Waals surface area contributed by atoms with Crippen molar-refractivity contribution in [2.75, 3.05) is 6.54 Å². The zero-order chi connectivity index (χ0) is 9.23. The fourth-order valence-corrected chi connectivity index (χ4v) is 1.22. The first-order valence-corrected chi connectivity index (χ1v) is 5.38. The molecular weight excluding hydrogens is 193 g/mol. The summed E-state index contributed by atoms with van der Waals surface area (Å²) in [5.41, 5.74) is 0. The van der Waals surface area contributed by atoms with E-state index in [-0.39, 0.29) is 4.63 Å². The molecule has 3 heteroatoms. The first kappa shape index (κ1) is 12.2. The van der Waals surface area contributed by atoms with E-state index < -0.39 is 0 Å². The fraction of sp³-hybridized carbons (Fsp3) is 0.889. The standard InChI is InChI=1S/C9H17Cl2N/c1-2-3-4-5-6-7-8-12-9(10)11/h2-8H2,1H3. The summed E-state index contributed by atoms with van der Waals surface area (Å²) in [4.78, 5) is 3.89. The summed E-state index contributed by atoms with van der Waals surface area (Å²) in [5.74, 6) is 0. The van der Waals surface area contributed by atoms with Crippen molar-refractivity contribution in [3.8, 4) is 0 Å². The molecule has 0 unspecified atom stereocenters. The lowest BCUT2D eigenvalue weighted by Crippen LogP contribution is -1.84. The third kappa shape index (κ3) is 10.2. The van der Waals surface area contributed by atoms with Crippen LogP contribution in [0.25, 0.3) is 0 Å². The highest BCUT2D eigenvalue weighted by Crippen LogP contribution is 2.05. The first-order valence-electron chi connectivity index (χ1n) is 4.62. The highest BCUT2D eigenvalue weighted by Gasteiger charge is 1.89. The Morgan fingerprint density at radius 1 is 1.00 bits per heavy atom. The smallest absolute Gasteiger partial charge is 0.191 e. The van der Waals surface area contributed by atoms with Gasteiger partial charge in [0.05, 0.1) is 0 Å². The van der Waals surface area contributed by atoms with E-state index in [1.54, 1.807) is 0 Å². The number of hydrogen-bond acceptors (Lipinski definition) is 1. The van der Waals surface area contributed by atoms with Crippen LogP contribution in [-0.4, -0.2) is 11.2 Å². The van der Waals surface area contributed by atoms with Crippen LogP contribution in [0.15, 0.2) is 4.99 Å². The second-order valence-corrected chi connectivity index (χ2v) is 3.80. The lowest BCUT2D eigenvalue weighted by atomic mass is 10.1. The molecule has 0 heterocycles. The van der Waals surface area contributed by atoms with Gasteiger partial charge >= 0.3 is 0 Å². The molecule has 0 radical (unpaired) electrons. The molecule has 72 valence electrons. The molecule has 0 aliphatic carbocycles. The zero-order valence-corrected chi connectivity index (χ0v) is 9.16. The van der Waals surface area contributed by atoms with E-state index >= 15 is 0 Å². The van der Waals surface area contributed by atoms with Crippen LogP contribution in [0.4, 0.5) is 0 Å². The summed E-state index contributed by atoms with van der Waals surface area (Å²) < 4.78 is 0.156. The van der Waals surface area contributed by atoms with Crippen LogP contribution in [-0.2, 0) is 0 Å². The number of unbranched alkanes of at least 4 members (excludes halogenated alkanes) is 5. The van der Waals surface area contributed by atoms with Crippen LogP contribution < -0.4 is 0 Å². The van der Waals surface area contributed by atoms with Crippen molar-refractivity contribution in [1.82, 2.24) is 0 Å². The number of halogens is 2. The zero-order valence-electron chi connectivity index (χ0n) is 7.65. The maximum Gasteiger partial charge on any atom is 0.191 e. The molecule has 0 rings (SSSR count). The summed E-state index contributed by atoms with van der Waals surface area (Å²) in [6.07, 6.45) is 7.64. The average Bonchev–Trinajstić information content (AvgIpc) is 2.02. The lowest BCUT2D eigenvalue weighted by molar-refractivity contribution is 0.613. The molecule has 0 saturated carbocycles. The molecule has 1 nitrogen and oxygen atoms in total. The van der Waals surface area contributed by atoms with E-state index in [2.05, 4.69) is 11.9 Å². The van der Waals surface area contributed by atoms with Gasteiger partial charge in [-0.1, -0.05) is 39.0 Å². The normalized spacial score (nSPS) is 9.92. The summed E-state index contributed by atoms with van der Waals surface area (Å²) in [6, 6.07) is 0. The minimum atomic E-state index is 0.156. The molecule has 0 bridgehead atoms. The molecule has 0 N–H and O–H groups in total. The van der Waals surface area contributed by atoms with E-state index in [9.17, 15) is 0 Å². The second kappa shape index (κ2) is 9.34. The van der Waals surface area contributed by atoms with E-state index in [0.717, 1.165) is 13.0 Å². The summed E-state index contributed by atoms with van der Waals surface area (Å²) in [6.45, 7) is 2.99. The van der Waals surface area contributed by atoms with Crippen molar-refractivity contribution >= 4 is 27.8 Å². The molecule has 0 aromatic heterocycles. The molecule has 0 amide bonds. The van der Waals surface area contributed by atoms with Gasteiger partial charge in [-0.15, -0.1) is 0 Å². The Morgan fingerprint density at radius 2 is 1.58 bits per heavy atom. The van der Waals surface area contributed by atoms with E-state index in [1.165, 1.54) is 32.1 Å². The molecule has 0 aromatic rings. The van der Waals surface area contributed by atoms with Gasteiger partial charge in [-0.3, -0.25) is 4.99 Å². The minimum absolute atomic E-state index is 0.156. The van der Waals surface area contributed by atoms with Gasteiger partial charge in [0.25, 0.3) is 0 Å². The SMILES string of the molecule is CCCCCCCCN=C(Cl)Cl.